The van der Waals surface area contributed by atoms with Gasteiger partial charge in [-0.3, -0.25) is 0 Å². The molecule has 0 amide bonds. The summed E-state index contributed by atoms with van der Waals surface area (Å²) in [5.41, 5.74) is -0.0204. The fourth-order valence-corrected chi connectivity index (χ4v) is 0.788. The van der Waals surface area contributed by atoms with Crippen LogP contribution in [0.25, 0.3) is 0 Å². The van der Waals surface area contributed by atoms with Crippen molar-refractivity contribution in [2.75, 3.05) is 19.8 Å². The van der Waals surface area contributed by atoms with Crippen molar-refractivity contribution >= 4 is 0 Å². The van der Waals surface area contributed by atoms with Crippen LogP contribution in [-0.2, 0) is 4.74 Å². The van der Waals surface area contributed by atoms with E-state index in [0.717, 1.165) is 0 Å². The lowest BCUT2D eigenvalue weighted by Gasteiger charge is -2.20. The number of hydrogen-bond acceptors (Lipinski definition) is 2. The van der Waals surface area contributed by atoms with Gasteiger partial charge >= 0.3 is 6.18 Å². The Morgan fingerprint density at radius 3 is 2.07 bits per heavy atom. The summed E-state index contributed by atoms with van der Waals surface area (Å²) in [5, 5.41) is 3.11. The van der Waals surface area contributed by atoms with Gasteiger partial charge in [-0.25, -0.2) is 0 Å². The van der Waals surface area contributed by atoms with Gasteiger partial charge in [0.1, 0.15) is 0 Å². The number of ether oxygens (including phenoxy) is 1. The molecular weight excluding hydrogens is 195 g/mol. The first-order valence-electron chi connectivity index (χ1n) is 4.60. The summed E-state index contributed by atoms with van der Waals surface area (Å²) in [6.45, 7) is 6.60. The topological polar surface area (TPSA) is 21.3 Å². The van der Waals surface area contributed by atoms with Gasteiger partial charge in [0.15, 0.2) is 0 Å². The van der Waals surface area contributed by atoms with Gasteiger partial charge in [0, 0.05) is 12.1 Å². The highest BCUT2D eigenvalue weighted by molar-refractivity contribution is 4.69. The molecule has 0 saturated heterocycles. The van der Waals surface area contributed by atoms with Crippen molar-refractivity contribution < 1.29 is 17.9 Å². The van der Waals surface area contributed by atoms with E-state index < -0.39 is 12.6 Å². The van der Waals surface area contributed by atoms with E-state index in [1.54, 1.807) is 0 Å². The van der Waals surface area contributed by atoms with Gasteiger partial charge in [-0.05, 0) is 20.8 Å². The van der Waals surface area contributed by atoms with Gasteiger partial charge in [0.05, 0.1) is 19.6 Å². The Kier molecular flexibility index (Phi) is 5.44. The van der Waals surface area contributed by atoms with Crippen molar-refractivity contribution in [3.63, 3.8) is 0 Å². The Morgan fingerprint density at radius 2 is 1.64 bits per heavy atom. The van der Waals surface area contributed by atoms with Crippen LogP contribution in [0.4, 0.5) is 13.2 Å². The van der Waals surface area contributed by atoms with E-state index in [9.17, 15) is 13.2 Å². The van der Waals surface area contributed by atoms with Gasteiger partial charge in [0.2, 0.25) is 0 Å². The first-order valence-corrected chi connectivity index (χ1v) is 4.60. The maximum absolute atomic E-state index is 11.7. The van der Waals surface area contributed by atoms with E-state index in [2.05, 4.69) is 5.32 Å². The quantitative estimate of drug-likeness (QED) is 0.708. The van der Waals surface area contributed by atoms with Crippen molar-refractivity contribution in [3.05, 3.63) is 0 Å². The molecule has 0 aromatic carbocycles. The first-order chi connectivity index (χ1) is 6.21. The summed E-state index contributed by atoms with van der Waals surface area (Å²) in [5.74, 6) is 0. The van der Waals surface area contributed by atoms with E-state index in [1.807, 2.05) is 20.8 Å². The Bertz CT molecular complexity index is 133. The van der Waals surface area contributed by atoms with Crippen LogP contribution in [0.2, 0.25) is 0 Å². The van der Waals surface area contributed by atoms with Crippen LogP contribution in [0.1, 0.15) is 27.2 Å². The highest BCUT2D eigenvalue weighted by atomic mass is 19.4. The molecule has 1 N–H and O–H groups in total. The first kappa shape index (κ1) is 13.7. The molecule has 0 aliphatic heterocycles. The standard InChI is InChI=1S/C9H18F3NO/c1-8(2,3)13-5-7-14-6-4-9(10,11)12/h13H,4-7H2,1-3H3. The van der Waals surface area contributed by atoms with Crippen molar-refractivity contribution in [2.24, 2.45) is 0 Å². The van der Waals surface area contributed by atoms with Gasteiger partial charge < -0.3 is 10.1 Å². The largest absolute Gasteiger partial charge is 0.391 e. The number of nitrogens with one attached hydrogen (secondary N) is 1. The second-order valence-electron chi connectivity index (χ2n) is 4.15. The maximum atomic E-state index is 11.7. The van der Waals surface area contributed by atoms with E-state index in [1.165, 1.54) is 0 Å². The molecule has 5 heteroatoms. The molecule has 0 atom stereocenters. The van der Waals surface area contributed by atoms with Crippen molar-refractivity contribution in [3.8, 4) is 0 Å². The third kappa shape index (κ3) is 11.7. The minimum absolute atomic E-state index is 0.0204. The van der Waals surface area contributed by atoms with Crippen LogP contribution in [0.3, 0.4) is 0 Å². The number of halogens is 3. The third-order valence-corrected chi connectivity index (χ3v) is 1.43. The zero-order valence-electron chi connectivity index (χ0n) is 8.87. The van der Waals surface area contributed by atoms with E-state index in [-0.39, 0.29) is 12.1 Å². The second-order valence-corrected chi connectivity index (χ2v) is 4.15. The highest BCUT2D eigenvalue weighted by Crippen LogP contribution is 2.18. The molecule has 0 spiro atoms. The molecule has 0 aromatic heterocycles. The second kappa shape index (κ2) is 5.56. The average molecular weight is 213 g/mol. The zero-order chi connectivity index (χ0) is 11.2. The zero-order valence-corrected chi connectivity index (χ0v) is 8.87. The fourth-order valence-electron chi connectivity index (χ4n) is 0.788. The third-order valence-electron chi connectivity index (χ3n) is 1.43. The molecule has 2 nitrogen and oxygen atoms in total. The van der Waals surface area contributed by atoms with Crippen LogP contribution >= 0.6 is 0 Å². The molecule has 0 heterocycles. The molecule has 0 aromatic rings. The van der Waals surface area contributed by atoms with Gasteiger partial charge in [-0.2, -0.15) is 13.2 Å². The molecule has 0 aliphatic rings. The summed E-state index contributed by atoms with van der Waals surface area (Å²) in [6.07, 6.45) is -4.99. The molecule has 0 bridgehead atoms. The van der Waals surface area contributed by atoms with Crippen molar-refractivity contribution in [2.45, 2.75) is 38.9 Å². The van der Waals surface area contributed by atoms with Crippen molar-refractivity contribution in [1.82, 2.24) is 5.32 Å². The van der Waals surface area contributed by atoms with E-state index >= 15 is 0 Å². The molecule has 86 valence electrons. The predicted molar refractivity (Wildman–Crippen MR) is 49.2 cm³/mol. The van der Waals surface area contributed by atoms with Gasteiger partial charge in [0.25, 0.3) is 0 Å². The summed E-state index contributed by atoms with van der Waals surface area (Å²) in [4.78, 5) is 0. The molecule has 0 aliphatic carbocycles. The van der Waals surface area contributed by atoms with Gasteiger partial charge in [-0.15, -0.1) is 0 Å². The summed E-state index contributed by atoms with van der Waals surface area (Å²) >= 11 is 0. The van der Waals surface area contributed by atoms with Crippen molar-refractivity contribution in [1.29, 1.82) is 0 Å². The lowest BCUT2D eigenvalue weighted by Crippen LogP contribution is -2.38. The number of rotatable bonds is 5. The minimum Gasteiger partial charge on any atom is -0.380 e. The highest BCUT2D eigenvalue weighted by Gasteiger charge is 2.26. The minimum atomic E-state index is -4.11. The smallest absolute Gasteiger partial charge is 0.380 e. The summed E-state index contributed by atoms with van der Waals surface area (Å²) in [7, 11) is 0. The molecule has 0 unspecified atom stereocenters. The Morgan fingerprint density at radius 1 is 1.07 bits per heavy atom. The van der Waals surface area contributed by atoms with E-state index in [0.29, 0.717) is 13.2 Å². The van der Waals surface area contributed by atoms with Gasteiger partial charge in [-0.1, -0.05) is 0 Å². The number of hydrogen-bond donors (Lipinski definition) is 1. The van der Waals surface area contributed by atoms with Crippen LogP contribution in [0, 0.1) is 0 Å². The normalized spacial score (nSPS) is 13.3. The summed E-state index contributed by atoms with van der Waals surface area (Å²) < 4.78 is 39.8. The van der Waals surface area contributed by atoms with Crippen LogP contribution in [-0.4, -0.2) is 31.5 Å². The average Bonchev–Trinajstić information content (AvgIpc) is 1.92. The predicted octanol–water partition coefficient (Wildman–Crippen LogP) is 2.34. The fraction of sp³-hybridized carbons (Fsp3) is 1.00. The Labute approximate surface area is 82.8 Å². The molecule has 0 radical (unpaired) electrons. The SMILES string of the molecule is CC(C)(C)NCCOCCC(F)(F)F. The maximum Gasteiger partial charge on any atom is 0.391 e. The van der Waals surface area contributed by atoms with Crippen LogP contribution in [0.5, 0.6) is 0 Å². The van der Waals surface area contributed by atoms with E-state index in [4.69, 9.17) is 4.74 Å². The molecule has 0 rings (SSSR count). The lowest BCUT2D eigenvalue weighted by atomic mass is 10.1. The lowest BCUT2D eigenvalue weighted by molar-refractivity contribution is -0.145. The molecule has 0 fully saturated rings. The van der Waals surface area contributed by atoms with Crippen LogP contribution < -0.4 is 5.32 Å². The Balaban J connectivity index is 3.23. The summed E-state index contributed by atoms with van der Waals surface area (Å²) in [6, 6.07) is 0. The molecule has 0 saturated carbocycles. The monoisotopic (exact) mass is 213 g/mol. The Hall–Kier alpha value is -0.290. The molecular formula is C9H18F3NO. The van der Waals surface area contributed by atoms with Crippen LogP contribution in [0.15, 0.2) is 0 Å². The molecule has 14 heavy (non-hydrogen) atoms. The number of alkyl halides is 3.